The van der Waals surface area contributed by atoms with Crippen LogP contribution in [-0.2, 0) is 16.6 Å². The number of sulfonamides is 1. The van der Waals surface area contributed by atoms with E-state index in [0.717, 1.165) is 6.26 Å². The van der Waals surface area contributed by atoms with Crippen LogP contribution in [-0.4, -0.2) is 36.2 Å². The lowest BCUT2D eigenvalue weighted by atomic mass is 10.0. The van der Waals surface area contributed by atoms with E-state index in [2.05, 4.69) is 0 Å². The minimum atomic E-state index is -3.29. The topological polar surface area (TPSA) is 57.6 Å². The molecule has 0 fully saturated rings. The number of hydrogen-bond acceptors (Lipinski definition) is 3. The Balaban J connectivity index is 3.25. The van der Waals surface area contributed by atoms with Gasteiger partial charge in [-0.2, -0.15) is 0 Å². The van der Waals surface area contributed by atoms with E-state index in [4.69, 9.17) is 23.8 Å². The first-order valence-electron chi connectivity index (χ1n) is 5.07. The second-order valence-corrected chi connectivity index (χ2v) is 6.91. The fourth-order valence-electron chi connectivity index (χ4n) is 1.49. The molecule has 4 nitrogen and oxygen atoms in total. The van der Waals surface area contributed by atoms with Crippen molar-refractivity contribution < 1.29 is 13.5 Å². The van der Waals surface area contributed by atoms with Crippen molar-refractivity contribution in [3.8, 4) is 0 Å². The fourth-order valence-corrected chi connectivity index (χ4v) is 2.34. The van der Waals surface area contributed by atoms with Crippen LogP contribution in [0.1, 0.15) is 16.7 Å². The van der Waals surface area contributed by atoms with E-state index in [1.54, 1.807) is 19.1 Å². The van der Waals surface area contributed by atoms with Gasteiger partial charge in [0.2, 0.25) is 10.0 Å². The summed E-state index contributed by atoms with van der Waals surface area (Å²) < 4.78 is 24.0. The maximum absolute atomic E-state index is 11.4. The van der Waals surface area contributed by atoms with Crippen molar-refractivity contribution in [3.63, 3.8) is 0 Å². The lowest BCUT2D eigenvalue weighted by Crippen LogP contribution is -2.25. The van der Waals surface area contributed by atoms with E-state index in [1.165, 1.54) is 11.4 Å². The Kier molecular flexibility index (Phi) is 4.72. The average Bonchev–Trinajstić information content (AvgIpc) is 2.21. The van der Waals surface area contributed by atoms with Gasteiger partial charge in [-0.15, -0.1) is 0 Å². The molecule has 1 rings (SSSR count). The molecule has 1 aromatic rings. The van der Waals surface area contributed by atoms with Gasteiger partial charge in [0.05, 0.1) is 6.26 Å². The Hall–Kier alpha value is -0.690. The Labute approximate surface area is 117 Å². The number of aliphatic hydroxyl groups is 1. The summed E-state index contributed by atoms with van der Waals surface area (Å²) in [5.74, 6) is 0. The third-order valence-corrected chi connectivity index (χ3v) is 4.55. The molecule has 1 aromatic carbocycles. The average molecular weight is 308 g/mol. The van der Waals surface area contributed by atoms with Crippen LogP contribution in [0.2, 0.25) is 5.02 Å². The molecule has 0 amide bonds. The summed E-state index contributed by atoms with van der Waals surface area (Å²) in [6, 6.07) is 3.21. The van der Waals surface area contributed by atoms with E-state index in [-0.39, 0.29) is 11.6 Å². The highest BCUT2D eigenvalue weighted by atomic mass is 35.5. The molecular formula is C11H14ClNO3S2. The summed E-state index contributed by atoms with van der Waals surface area (Å²) in [5.41, 5.74) is 1.82. The molecule has 0 saturated heterocycles. The van der Waals surface area contributed by atoms with E-state index in [1.807, 2.05) is 0 Å². The van der Waals surface area contributed by atoms with Crippen molar-refractivity contribution >= 4 is 38.9 Å². The van der Waals surface area contributed by atoms with Crippen LogP contribution in [0.5, 0.6) is 0 Å². The maximum Gasteiger partial charge on any atom is 0.211 e. The molecule has 0 aliphatic carbocycles. The number of halogens is 1. The molecule has 7 heteroatoms. The highest BCUT2D eigenvalue weighted by Crippen LogP contribution is 2.25. The normalized spacial score (nSPS) is 11.8. The molecule has 0 radical (unpaired) electrons. The van der Waals surface area contributed by atoms with Crippen molar-refractivity contribution in [1.82, 2.24) is 4.31 Å². The second-order valence-electron chi connectivity index (χ2n) is 4.02. The lowest BCUT2D eigenvalue weighted by Gasteiger charge is -2.18. The highest BCUT2D eigenvalue weighted by molar-refractivity contribution is 7.88. The highest BCUT2D eigenvalue weighted by Gasteiger charge is 2.17. The summed E-state index contributed by atoms with van der Waals surface area (Å²) in [6.45, 7) is 1.88. The molecule has 0 spiro atoms. The monoisotopic (exact) mass is 307 g/mol. The summed E-state index contributed by atoms with van der Waals surface area (Å²) >= 11 is 10.8. The smallest absolute Gasteiger partial charge is 0.211 e. The third-order valence-electron chi connectivity index (χ3n) is 2.72. The van der Waals surface area contributed by atoms with Crippen LogP contribution >= 0.6 is 23.8 Å². The van der Waals surface area contributed by atoms with E-state index >= 15 is 0 Å². The second kappa shape index (κ2) is 5.52. The molecule has 18 heavy (non-hydrogen) atoms. The Morgan fingerprint density at radius 1 is 1.50 bits per heavy atom. The predicted molar refractivity (Wildman–Crippen MR) is 76.8 cm³/mol. The van der Waals surface area contributed by atoms with Gasteiger partial charge in [0.25, 0.3) is 0 Å². The minimum absolute atomic E-state index is 0.139. The zero-order valence-corrected chi connectivity index (χ0v) is 12.7. The van der Waals surface area contributed by atoms with Gasteiger partial charge in [0.1, 0.15) is 0 Å². The van der Waals surface area contributed by atoms with E-state index < -0.39 is 10.0 Å². The minimum Gasteiger partial charge on any atom is -0.499 e. The number of nitrogens with zero attached hydrogens (tertiary/aromatic N) is 1. The van der Waals surface area contributed by atoms with Gasteiger partial charge in [-0.25, -0.2) is 12.7 Å². The summed E-state index contributed by atoms with van der Waals surface area (Å²) in [7, 11) is -1.82. The predicted octanol–water partition coefficient (Wildman–Crippen LogP) is 2.27. The van der Waals surface area contributed by atoms with Crippen molar-refractivity contribution in [1.29, 1.82) is 0 Å². The Morgan fingerprint density at radius 2 is 2.06 bits per heavy atom. The van der Waals surface area contributed by atoms with Crippen molar-refractivity contribution in [3.05, 3.63) is 33.8 Å². The number of aliphatic hydroxyl groups excluding tert-OH is 1. The zero-order valence-electron chi connectivity index (χ0n) is 10.3. The SMILES string of the molecule is Cc1c(C(O)=S)ccc(Cl)c1CN(C)S(C)(=O)=O. The van der Waals surface area contributed by atoms with Gasteiger partial charge in [-0.3, -0.25) is 0 Å². The van der Waals surface area contributed by atoms with Crippen LogP contribution in [0.15, 0.2) is 12.1 Å². The van der Waals surface area contributed by atoms with Gasteiger partial charge >= 0.3 is 0 Å². The van der Waals surface area contributed by atoms with Crippen LogP contribution in [0.25, 0.3) is 0 Å². The third kappa shape index (κ3) is 3.41. The number of rotatable bonds is 4. The van der Waals surface area contributed by atoms with Crippen LogP contribution in [0, 0.1) is 6.92 Å². The first kappa shape index (κ1) is 15.4. The molecule has 0 aromatic heterocycles. The van der Waals surface area contributed by atoms with Crippen molar-refractivity contribution in [2.45, 2.75) is 13.5 Å². The van der Waals surface area contributed by atoms with Gasteiger partial charge in [0.15, 0.2) is 5.05 Å². The summed E-state index contributed by atoms with van der Waals surface area (Å²) in [5, 5.41) is 9.59. The number of benzene rings is 1. The number of hydrogen-bond donors (Lipinski definition) is 1. The van der Waals surface area contributed by atoms with Gasteiger partial charge in [0, 0.05) is 24.2 Å². The first-order valence-corrected chi connectivity index (χ1v) is 7.70. The van der Waals surface area contributed by atoms with E-state index in [9.17, 15) is 13.5 Å². The fraction of sp³-hybridized carbons (Fsp3) is 0.364. The molecule has 0 heterocycles. The van der Waals surface area contributed by atoms with Crippen LogP contribution < -0.4 is 0 Å². The molecule has 0 aliphatic rings. The molecule has 100 valence electrons. The quantitative estimate of drug-likeness (QED) is 0.867. The molecule has 1 N–H and O–H groups in total. The largest absolute Gasteiger partial charge is 0.499 e. The van der Waals surface area contributed by atoms with Gasteiger partial charge < -0.3 is 5.11 Å². The van der Waals surface area contributed by atoms with Crippen molar-refractivity contribution in [2.75, 3.05) is 13.3 Å². The number of thiocarbonyl (C=S) groups is 1. The van der Waals surface area contributed by atoms with Gasteiger partial charge in [-0.05, 0) is 42.4 Å². The lowest BCUT2D eigenvalue weighted by molar-refractivity contribution is 0.471. The molecule has 0 unspecified atom stereocenters. The Bertz CT molecular complexity index is 584. The molecule has 0 saturated carbocycles. The van der Waals surface area contributed by atoms with Crippen molar-refractivity contribution in [2.24, 2.45) is 0 Å². The molecular weight excluding hydrogens is 294 g/mol. The standard InChI is InChI=1S/C11H14ClNO3S2/c1-7-8(11(14)17)4-5-10(12)9(7)6-13(2)18(3,15)16/h4-5H,6H2,1-3H3,(H,14,17). The first-order chi connectivity index (χ1) is 8.14. The zero-order chi connectivity index (χ0) is 14.1. The molecule has 0 bridgehead atoms. The van der Waals surface area contributed by atoms with Gasteiger partial charge in [-0.1, -0.05) is 11.6 Å². The van der Waals surface area contributed by atoms with Crippen LogP contribution in [0.4, 0.5) is 0 Å². The molecule has 0 atom stereocenters. The summed E-state index contributed by atoms with van der Waals surface area (Å²) in [6.07, 6.45) is 1.12. The summed E-state index contributed by atoms with van der Waals surface area (Å²) in [4.78, 5) is 0. The van der Waals surface area contributed by atoms with E-state index in [0.29, 0.717) is 21.7 Å². The Morgan fingerprint density at radius 3 is 2.50 bits per heavy atom. The van der Waals surface area contributed by atoms with Crippen LogP contribution in [0.3, 0.4) is 0 Å². The molecule has 0 aliphatic heterocycles. The maximum atomic E-state index is 11.4.